The van der Waals surface area contributed by atoms with Crippen LogP contribution in [-0.2, 0) is 4.57 Å². The largest absolute Gasteiger partial charge is 0.692 e. The summed E-state index contributed by atoms with van der Waals surface area (Å²) >= 11 is 0. The first-order chi connectivity index (χ1) is 6.66. The van der Waals surface area contributed by atoms with Crippen LogP contribution in [0.1, 0.15) is 5.56 Å². The number of benzene rings is 1. The lowest BCUT2D eigenvalue weighted by atomic mass is 10.2. The summed E-state index contributed by atoms with van der Waals surface area (Å²) in [5.74, 6) is 0. The second kappa shape index (κ2) is 8.78. The molecule has 1 rings (SSSR count). The third-order valence-corrected chi connectivity index (χ3v) is 1.82. The van der Waals surface area contributed by atoms with Crippen molar-refractivity contribution in [3.8, 4) is 0 Å². The Balaban J connectivity index is 0.000000364. The Kier molecular flexibility index (Phi) is 8.28. The Morgan fingerprint density at radius 3 is 2.21 bits per heavy atom. The Hall–Kier alpha value is -0.803. The average Bonchev–Trinajstić information content (AvgIpc) is 2.15. The third kappa shape index (κ3) is 9.29. The first-order valence-corrected chi connectivity index (χ1v) is 6.81. The molecule has 76 valence electrons. The molecule has 0 spiro atoms. The lowest BCUT2D eigenvalue weighted by Gasteiger charge is -1.88. The van der Waals surface area contributed by atoms with Crippen molar-refractivity contribution >= 4 is 24.6 Å². The van der Waals surface area contributed by atoms with Crippen LogP contribution in [0.2, 0.25) is 6.04 Å². The minimum Gasteiger partial charge on any atom is -0.134 e. The van der Waals surface area contributed by atoms with Gasteiger partial charge in [-0.2, -0.15) is 0 Å². The fourth-order valence-electron chi connectivity index (χ4n) is 0.818. The highest BCUT2D eigenvalue weighted by Gasteiger charge is 1.93. The van der Waals surface area contributed by atoms with Crippen molar-refractivity contribution in [1.29, 1.82) is 0 Å². The summed E-state index contributed by atoms with van der Waals surface area (Å²) < 4.78 is 8.70. The molecule has 5 heteroatoms. The molecule has 14 heavy (non-hydrogen) atoms. The van der Waals surface area contributed by atoms with Gasteiger partial charge in [-0.15, -0.1) is 9.79 Å². The molecule has 0 amide bonds. The van der Waals surface area contributed by atoms with Crippen LogP contribution in [0, 0.1) is 0 Å². The van der Waals surface area contributed by atoms with E-state index in [4.69, 9.17) is 14.4 Å². The van der Waals surface area contributed by atoms with Crippen LogP contribution in [0.5, 0.6) is 0 Å². The molecule has 0 saturated carbocycles. The quantitative estimate of drug-likeness (QED) is 0.590. The second-order valence-corrected chi connectivity index (χ2v) is 3.80. The first-order valence-electron chi connectivity index (χ1n) is 4.23. The fourth-order valence-corrected chi connectivity index (χ4v) is 1.05. The van der Waals surface area contributed by atoms with Gasteiger partial charge >= 0.3 is 8.25 Å². The summed E-state index contributed by atoms with van der Waals surface area (Å²) in [5.41, 5.74) is 1.30. The van der Waals surface area contributed by atoms with Gasteiger partial charge in [0, 0.05) is 14.8 Å². The SMILES string of the molecule is O=[P+](O)O.[SiH3]CC=Cc1ccccc1. The van der Waals surface area contributed by atoms with Crippen LogP contribution in [0.3, 0.4) is 0 Å². The fraction of sp³-hybridized carbons (Fsp3) is 0.111. The molecular formula is C9H14O3PSi+. The molecule has 0 aliphatic heterocycles. The summed E-state index contributed by atoms with van der Waals surface area (Å²) in [6, 6.07) is 11.6. The maximum atomic E-state index is 8.70. The molecule has 0 aliphatic rings. The van der Waals surface area contributed by atoms with E-state index in [2.05, 4.69) is 36.4 Å². The van der Waals surface area contributed by atoms with Crippen LogP contribution in [0.25, 0.3) is 6.08 Å². The van der Waals surface area contributed by atoms with Gasteiger partial charge in [-0.1, -0.05) is 42.5 Å². The standard InChI is InChI=1S/C9H12Si.HO3P/c10-8-4-7-9-5-2-1-3-6-9;1-4(2)3/h1-7H,8H2,10H3;(H-,1,2,3)/p+1. The second-order valence-electron chi connectivity index (χ2n) is 2.47. The highest BCUT2D eigenvalue weighted by Crippen LogP contribution is 2.00. The predicted octanol–water partition coefficient (Wildman–Crippen LogP) is 1.11. The van der Waals surface area contributed by atoms with E-state index in [0.717, 1.165) is 0 Å². The van der Waals surface area contributed by atoms with Crippen molar-refractivity contribution in [2.75, 3.05) is 0 Å². The van der Waals surface area contributed by atoms with Crippen molar-refractivity contribution in [1.82, 2.24) is 0 Å². The zero-order valence-electron chi connectivity index (χ0n) is 8.00. The minimum absolute atomic E-state index is 1.24. The lowest BCUT2D eigenvalue weighted by Crippen LogP contribution is -1.67. The van der Waals surface area contributed by atoms with E-state index in [1.165, 1.54) is 21.9 Å². The van der Waals surface area contributed by atoms with Crippen molar-refractivity contribution in [2.45, 2.75) is 6.04 Å². The number of allylic oxidation sites excluding steroid dienone is 1. The zero-order chi connectivity index (χ0) is 10.8. The summed E-state index contributed by atoms with van der Waals surface area (Å²) in [6.45, 7) is 0. The molecule has 0 unspecified atom stereocenters. The molecule has 0 fully saturated rings. The van der Waals surface area contributed by atoms with Gasteiger partial charge in [0.15, 0.2) is 0 Å². The maximum absolute atomic E-state index is 8.70. The molecule has 1 aromatic rings. The minimum atomic E-state index is -2.87. The summed E-state index contributed by atoms with van der Waals surface area (Å²) in [5, 5.41) is 0. The van der Waals surface area contributed by atoms with Crippen molar-refractivity contribution in [3.63, 3.8) is 0 Å². The van der Waals surface area contributed by atoms with Crippen LogP contribution in [-0.4, -0.2) is 20.0 Å². The molecule has 1 aromatic carbocycles. The monoisotopic (exact) mass is 229 g/mol. The van der Waals surface area contributed by atoms with Gasteiger partial charge < -0.3 is 0 Å². The highest BCUT2D eigenvalue weighted by atomic mass is 31.1. The third-order valence-electron chi connectivity index (χ3n) is 1.35. The van der Waals surface area contributed by atoms with Crippen LogP contribution in [0.15, 0.2) is 36.4 Å². The van der Waals surface area contributed by atoms with E-state index in [0.29, 0.717) is 0 Å². The first kappa shape index (κ1) is 13.2. The van der Waals surface area contributed by atoms with Crippen molar-refractivity contribution in [2.24, 2.45) is 0 Å². The molecule has 3 nitrogen and oxygen atoms in total. The van der Waals surface area contributed by atoms with E-state index in [9.17, 15) is 0 Å². The van der Waals surface area contributed by atoms with Crippen LogP contribution < -0.4 is 0 Å². The molecule has 0 saturated heterocycles. The molecule has 0 aromatic heterocycles. The van der Waals surface area contributed by atoms with E-state index in [1.54, 1.807) is 0 Å². The normalized spacial score (nSPS) is 9.57. The average molecular weight is 229 g/mol. The van der Waals surface area contributed by atoms with Gasteiger partial charge in [-0.25, -0.2) is 0 Å². The van der Waals surface area contributed by atoms with Gasteiger partial charge in [0.05, 0.1) is 0 Å². The number of hydrogen-bond donors (Lipinski definition) is 2. The summed E-state index contributed by atoms with van der Waals surface area (Å²) in [7, 11) is -1.61. The zero-order valence-corrected chi connectivity index (χ0v) is 10.9. The van der Waals surface area contributed by atoms with E-state index in [-0.39, 0.29) is 0 Å². The molecule has 0 radical (unpaired) electrons. The lowest BCUT2D eigenvalue weighted by molar-refractivity contribution is 0.405. The Labute approximate surface area is 87.5 Å². The highest BCUT2D eigenvalue weighted by molar-refractivity contribution is 7.30. The van der Waals surface area contributed by atoms with E-state index < -0.39 is 8.25 Å². The topological polar surface area (TPSA) is 57.5 Å². The summed E-state index contributed by atoms with van der Waals surface area (Å²) in [4.78, 5) is 14.2. The molecular weight excluding hydrogens is 215 g/mol. The molecule has 2 N–H and O–H groups in total. The number of hydrogen-bond acceptors (Lipinski definition) is 1. The molecule has 0 heterocycles. The Bertz CT molecular complexity index is 283. The smallest absolute Gasteiger partial charge is 0.134 e. The van der Waals surface area contributed by atoms with Gasteiger partial charge in [0.2, 0.25) is 0 Å². The van der Waals surface area contributed by atoms with Crippen LogP contribution in [0.4, 0.5) is 0 Å². The van der Waals surface area contributed by atoms with Gasteiger partial charge in [-0.05, 0) is 11.6 Å². The molecule has 0 bridgehead atoms. The van der Waals surface area contributed by atoms with Gasteiger partial charge in [0.25, 0.3) is 0 Å². The van der Waals surface area contributed by atoms with Crippen molar-refractivity contribution < 1.29 is 14.4 Å². The number of rotatable bonds is 2. The van der Waals surface area contributed by atoms with Gasteiger partial charge in [0.1, 0.15) is 0 Å². The van der Waals surface area contributed by atoms with E-state index >= 15 is 0 Å². The Morgan fingerprint density at radius 2 is 1.79 bits per heavy atom. The van der Waals surface area contributed by atoms with Crippen molar-refractivity contribution in [3.05, 3.63) is 42.0 Å². The maximum Gasteiger partial charge on any atom is 0.692 e. The molecule has 0 atom stereocenters. The molecule has 0 aliphatic carbocycles. The van der Waals surface area contributed by atoms with E-state index in [1.807, 2.05) is 6.07 Å². The summed E-state index contributed by atoms with van der Waals surface area (Å²) in [6.07, 6.45) is 4.40. The Morgan fingerprint density at radius 1 is 1.29 bits per heavy atom. The predicted molar refractivity (Wildman–Crippen MR) is 62.3 cm³/mol. The van der Waals surface area contributed by atoms with Gasteiger partial charge in [-0.3, -0.25) is 0 Å². The van der Waals surface area contributed by atoms with Crippen LogP contribution >= 0.6 is 8.25 Å².